The van der Waals surface area contributed by atoms with E-state index in [0.717, 1.165) is 23.2 Å². The van der Waals surface area contributed by atoms with Crippen LogP contribution in [-0.4, -0.2) is 30.3 Å². The van der Waals surface area contributed by atoms with Gasteiger partial charge in [0.05, 0.1) is 6.61 Å². The van der Waals surface area contributed by atoms with Gasteiger partial charge in [0.25, 0.3) is 5.91 Å². The summed E-state index contributed by atoms with van der Waals surface area (Å²) >= 11 is 0. The molecule has 0 aromatic heterocycles. The highest BCUT2D eigenvalue weighted by atomic mass is 16.5. The average molecular weight is 287 g/mol. The molecule has 1 fully saturated rings. The second kappa shape index (κ2) is 7.26. The van der Waals surface area contributed by atoms with E-state index >= 15 is 0 Å². The molecule has 0 aliphatic carbocycles. The second-order valence-corrected chi connectivity index (χ2v) is 5.35. The number of benzene rings is 1. The highest BCUT2D eigenvalue weighted by Crippen LogP contribution is 2.23. The molecular weight excluding hydrogens is 266 g/mol. The van der Waals surface area contributed by atoms with Gasteiger partial charge in [0.1, 0.15) is 6.10 Å². The van der Waals surface area contributed by atoms with Crippen molar-refractivity contribution in [2.45, 2.75) is 32.8 Å². The summed E-state index contributed by atoms with van der Waals surface area (Å²) < 4.78 is 5.47. The lowest BCUT2D eigenvalue weighted by molar-refractivity contribution is -0.126. The van der Waals surface area contributed by atoms with Crippen molar-refractivity contribution in [1.82, 2.24) is 0 Å². The van der Waals surface area contributed by atoms with E-state index in [-0.39, 0.29) is 24.5 Å². The van der Waals surface area contributed by atoms with Gasteiger partial charge in [-0.25, -0.2) is 0 Å². The van der Waals surface area contributed by atoms with Crippen LogP contribution in [0.25, 0.3) is 0 Å². The maximum Gasteiger partial charge on any atom is 0.253 e. The van der Waals surface area contributed by atoms with E-state index < -0.39 is 0 Å². The van der Waals surface area contributed by atoms with Crippen LogP contribution in [0.4, 0.5) is 5.69 Å². The maximum atomic E-state index is 12.2. The molecule has 1 heterocycles. The smallest absolute Gasteiger partial charge is 0.253 e. The largest absolute Gasteiger partial charge is 0.395 e. The molecule has 4 heteroatoms. The minimum Gasteiger partial charge on any atom is -0.395 e. The van der Waals surface area contributed by atoms with Crippen molar-refractivity contribution in [3.8, 4) is 11.8 Å². The number of aliphatic hydroxyl groups is 1. The quantitative estimate of drug-likeness (QED) is 0.837. The van der Waals surface area contributed by atoms with Crippen LogP contribution in [-0.2, 0) is 9.53 Å². The topological polar surface area (TPSA) is 58.6 Å². The number of aryl methyl sites for hydroxylation is 1. The molecule has 21 heavy (non-hydrogen) atoms. The van der Waals surface area contributed by atoms with Gasteiger partial charge in [-0.1, -0.05) is 18.8 Å². The van der Waals surface area contributed by atoms with Crippen molar-refractivity contribution in [1.29, 1.82) is 0 Å². The van der Waals surface area contributed by atoms with E-state index in [1.165, 1.54) is 0 Å². The number of carbonyl (C=O) groups is 1. The molecule has 0 bridgehead atoms. The summed E-state index contributed by atoms with van der Waals surface area (Å²) in [5.74, 6) is 6.04. The zero-order valence-electron chi connectivity index (χ0n) is 12.5. The van der Waals surface area contributed by atoms with Crippen molar-refractivity contribution >= 4 is 11.6 Å². The highest BCUT2D eigenvalue weighted by molar-refractivity contribution is 5.95. The van der Waals surface area contributed by atoms with Gasteiger partial charge in [-0.15, -0.1) is 0 Å². The first-order valence-electron chi connectivity index (χ1n) is 7.24. The molecule has 2 N–H and O–H groups in total. The van der Waals surface area contributed by atoms with Gasteiger partial charge in [0.15, 0.2) is 0 Å². The number of anilines is 1. The van der Waals surface area contributed by atoms with Crippen LogP contribution in [0.2, 0.25) is 0 Å². The fourth-order valence-corrected chi connectivity index (χ4v) is 2.34. The summed E-state index contributed by atoms with van der Waals surface area (Å²) in [4.78, 5) is 12.2. The Hall–Kier alpha value is -1.83. The first-order valence-corrected chi connectivity index (χ1v) is 7.24. The zero-order valence-corrected chi connectivity index (χ0v) is 12.5. The Balaban J connectivity index is 2.04. The Morgan fingerprint density at radius 3 is 2.95 bits per heavy atom. The minimum absolute atomic E-state index is 0.0691. The van der Waals surface area contributed by atoms with Crippen molar-refractivity contribution in [3.05, 3.63) is 29.3 Å². The third-order valence-electron chi connectivity index (χ3n) is 3.60. The first kappa shape index (κ1) is 15.6. The normalized spacial score (nSPS) is 20.7. The van der Waals surface area contributed by atoms with Gasteiger partial charge in [-0.3, -0.25) is 4.79 Å². The predicted octanol–water partition coefficient (Wildman–Crippen LogP) is 2.09. The summed E-state index contributed by atoms with van der Waals surface area (Å²) in [6.07, 6.45) is 1.04. The number of amides is 1. The molecule has 1 amide bonds. The predicted molar refractivity (Wildman–Crippen MR) is 81.9 cm³/mol. The molecule has 0 radical (unpaired) electrons. The standard InChI is InChI=1S/C17H21NO3/c1-12-8-10-21-16(12)17(20)18-15-7-6-14(11-13(15)2)5-3-4-9-19/h6-7,11-12,16,19H,4,8-10H2,1-2H3,(H,18,20). The van der Waals surface area contributed by atoms with Crippen molar-refractivity contribution < 1.29 is 14.6 Å². The Kier molecular flexibility index (Phi) is 5.38. The highest BCUT2D eigenvalue weighted by Gasteiger charge is 2.30. The Bertz CT molecular complexity index is 571. The summed E-state index contributed by atoms with van der Waals surface area (Å²) in [5, 5.41) is 11.6. The van der Waals surface area contributed by atoms with E-state index in [9.17, 15) is 4.79 Å². The molecule has 1 aliphatic rings. The number of rotatable bonds is 3. The maximum absolute atomic E-state index is 12.2. The Labute approximate surface area is 125 Å². The summed E-state index contributed by atoms with van der Waals surface area (Å²) in [6, 6.07) is 5.65. The Morgan fingerprint density at radius 2 is 2.33 bits per heavy atom. The van der Waals surface area contributed by atoms with E-state index in [0.29, 0.717) is 13.0 Å². The van der Waals surface area contributed by atoms with Crippen LogP contribution in [0.3, 0.4) is 0 Å². The van der Waals surface area contributed by atoms with Crippen molar-refractivity contribution in [2.75, 3.05) is 18.5 Å². The molecule has 2 unspecified atom stereocenters. The summed E-state index contributed by atoms with van der Waals surface area (Å²) in [7, 11) is 0. The molecule has 112 valence electrons. The molecule has 2 rings (SSSR count). The van der Waals surface area contributed by atoms with Gasteiger partial charge in [-0.2, -0.15) is 0 Å². The Morgan fingerprint density at radius 1 is 1.52 bits per heavy atom. The van der Waals surface area contributed by atoms with Gasteiger partial charge in [0.2, 0.25) is 0 Å². The number of nitrogens with one attached hydrogen (secondary N) is 1. The molecule has 1 aromatic carbocycles. The van der Waals surface area contributed by atoms with Crippen LogP contribution >= 0.6 is 0 Å². The SMILES string of the molecule is Cc1cc(C#CCCO)ccc1NC(=O)C1OCCC1C. The third-order valence-corrected chi connectivity index (χ3v) is 3.60. The van der Waals surface area contributed by atoms with E-state index in [1.54, 1.807) is 0 Å². The van der Waals surface area contributed by atoms with Crippen molar-refractivity contribution in [2.24, 2.45) is 5.92 Å². The molecule has 0 saturated carbocycles. The molecule has 4 nitrogen and oxygen atoms in total. The first-order chi connectivity index (χ1) is 10.1. The molecule has 1 aromatic rings. The average Bonchev–Trinajstić information content (AvgIpc) is 2.88. The van der Waals surface area contributed by atoms with Crippen molar-refractivity contribution in [3.63, 3.8) is 0 Å². The lowest BCUT2D eigenvalue weighted by Gasteiger charge is -2.15. The number of aliphatic hydroxyl groups excluding tert-OH is 1. The molecular formula is C17H21NO3. The van der Waals surface area contributed by atoms with E-state index in [2.05, 4.69) is 17.2 Å². The third kappa shape index (κ3) is 4.07. The summed E-state index contributed by atoms with van der Waals surface area (Å²) in [5.41, 5.74) is 2.63. The molecule has 1 saturated heterocycles. The van der Waals surface area contributed by atoms with Gasteiger partial charge < -0.3 is 15.2 Å². The molecule has 1 aliphatic heterocycles. The lowest BCUT2D eigenvalue weighted by Crippen LogP contribution is -2.31. The lowest BCUT2D eigenvalue weighted by atomic mass is 10.0. The van der Waals surface area contributed by atoms with Gasteiger partial charge in [-0.05, 0) is 43.0 Å². The number of carbonyl (C=O) groups excluding carboxylic acids is 1. The fraction of sp³-hybridized carbons (Fsp3) is 0.471. The molecule has 2 atom stereocenters. The van der Waals surface area contributed by atoms with Crippen LogP contribution in [0.1, 0.15) is 30.9 Å². The second-order valence-electron chi connectivity index (χ2n) is 5.35. The van der Waals surface area contributed by atoms with Gasteiger partial charge in [0, 0.05) is 24.3 Å². The monoisotopic (exact) mass is 287 g/mol. The molecule has 0 spiro atoms. The number of hydrogen-bond acceptors (Lipinski definition) is 3. The number of hydrogen-bond donors (Lipinski definition) is 2. The zero-order chi connectivity index (χ0) is 15.2. The van der Waals surface area contributed by atoms with Crippen LogP contribution in [0.15, 0.2) is 18.2 Å². The fourth-order valence-electron chi connectivity index (χ4n) is 2.34. The van der Waals surface area contributed by atoms with E-state index in [1.807, 2.05) is 32.0 Å². The number of ether oxygens (including phenoxy) is 1. The van der Waals surface area contributed by atoms with Crippen LogP contribution < -0.4 is 5.32 Å². The van der Waals surface area contributed by atoms with E-state index in [4.69, 9.17) is 9.84 Å². The van der Waals surface area contributed by atoms with Gasteiger partial charge >= 0.3 is 0 Å². The minimum atomic E-state index is -0.353. The summed E-state index contributed by atoms with van der Waals surface area (Å²) in [6.45, 7) is 4.69. The van der Waals surface area contributed by atoms with Crippen LogP contribution in [0, 0.1) is 24.7 Å². The van der Waals surface area contributed by atoms with Crippen LogP contribution in [0.5, 0.6) is 0 Å².